The highest BCUT2D eigenvalue weighted by Gasteiger charge is 2.23. The predicted molar refractivity (Wildman–Crippen MR) is 94.9 cm³/mol. The average Bonchev–Trinajstić information content (AvgIpc) is 2.94. The van der Waals surface area contributed by atoms with E-state index in [9.17, 15) is 14.9 Å². The van der Waals surface area contributed by atoms with E-state index < -0.39 is 4.92 Å². The van der Waals surface area contributed by atoms with E-state index in [0.29, 0.717) is 18.8 Å². The van der Waals surface area contributed by atoms with Gasteiger partial charge in [0, 0.05) is 56.1 Å². The molecule has 3 rings (SSSR count). The summed E-state index contributed by atoms with van der Waals surface area (Å²) in [7, 11) is 0. The summed E-state index contributed by atoms with van der Waals surface area (Å²) in [5.41, 5.74) is 2.36. The third kappa shape index (κ3) is 3.99. The van der Waals surface area contributed by atoms with Gasteiger partial charge < -0.3 is 14.7 Å². The number of aryl methyl sites for hydroxylation is 2. The van der Waals surface area contributed by atoms with Crippen molar-refractivity contribution >= 4 is 17.4 Å². The molecule has 0 unspecified atom stereocenters. The van der Waals surface area contributed by atoms with Crippen molar-refractivity contribution in [1.82, 2.24) is 15.0 Å². The van der Waals surface area contributed by atoms with Gasteiger partial charge in [0.1, 0.15) is 5.76 Å². The van der Waals surface area contributed by atoms with Gasteiger partial charge in [0.2, 0.25) is 0 Å². The Bertz CT molecular complexity index is 792. The molecule has 0 radical (unpaired) electrons. The molecule has 1 aromatic heterocycles. The van der Waals surface area contributed by atoms with E-state index >= 15 is 0 Å². The van der Waals surface area contributed by atoms with Crippen LogP contribution in [-0.2, 0) is 6.54 Å². The van der Waals surface area contributed by atoms with Crippen LogP contribution in [-0.4, -0.2) is 52.1 Å². The topological polar surface area (TPSA) is 105 Å². The van der Waals surface area contributed by atoms with Crippen molar-refractivity contribution in [3.8, 4) is 0 Å². The first-order valence-corrected chi connectivity index (χ1v) is 8.38. The third-order valence-electron chi connectivity index (χ3n) is 4.53. The molecule has 0 aliphatic carbocycles. The van der Waals surface area contributed by atoms with Crippen LogP contribution in [0.15, 0.2) is 28.8 Å². The number of amides is 2. The Labute approximate surface area is 150 Å². The summed E-state index contributed by atoms with van der Waals surface area (Å²) in [5.74, 6) is 0.827. The number of nitrogens with zero attached hydrogens (tertiary/aromatic N) is 4. The van der Waals surface area contributed by atoms with Crippen molar-refractivity contribution in [3.05, 3.63) is 51.4 Å². The van der Waals surface area contributed by atoms with E-state index in [1.807, 2.05) is 13.8 Å². The van der Waals surface area contributed by atoms with Crippen LogP contribution in [0, 0.1) is 24.0 Å². The molecule has 0 atom stereocenters. The number of carbonyl (C=O) groups excluding carboxylic acids is 1. The minimum Gasteiger partial charge on any atom is -0.361 e. The molecular formula is C17H21N5O4. The van der Waals surface area contributed by atoms with Crippen molar-refractivity contribution in [1.29, 1.82) is 0 Å². The highest BCUT2D eigenvalue weighted by Crippen LogP contribution is 2.19. The number of urea groups is 1. The molecule has 1 aliphatic heterocycles. The number of nitro groups is 1. The molecule has 138 valence electrons. The highest BCUT2D eigenvalue weighted by atomic mass is 16.6. The molecule has 1 fully saturated rings. The van der Waals surface area contributed by atoms with Crippen LogP contribution < -0.4 is 5.32 Å². The molecule has 26 heavy (non-hydrogen) atoms. The smallest absolute Gasteiger partial charge is 0.321 e. The molecule has 1 saturated heterocycles. The molecule has 0 saturated carbocycles. The molecule has 2 amide bonds. The fourth-order valence-corrected chi connectivity index (χ4v) is 2.96. The maximum Gasteiger partial charge on any atom is 0.321 e. The number of nitrogens with one attached hydrogen (secondary N) is 1. The van der Waals surface area contributed by atoms with E-state index in [0.717, 1.165) is 36.7 Å². The summed E-state index contributed by atoms with van der Waals surface area (Å²) in [6.07, 6.45) is 0. The highest BCUT2D eigenvalue weighted by molar-refractivity contribution is 5.89. The quantitative estimate of drug-likeness (QED) is 0.664. The summed E-state index contributed by atoms with van der Waals surface area (Å²) in [5, 5.41) is 17.5. The summed E-state index contributed by atoms with van der Waals surface area (Å²) in [4.78, 5) is 26.7. The Morgan fingerprint density at radius 3 is 2.65 bits per heavy atom. The van der Waals surface area contributed by atoms with Crippen LogP contribution >= 0.6 is 0 Å². The molecular weight excluding hydrogens is 338 g/mol. The van der Waals surface area contributed by atoms with Gasteiger partial charge in [0.25, 0.3) is 5.69 Å². The van der Waals surface area contributed by atoms with Gasteiger partial charge in [-0.15, -0.1) is 0 Å². The minimum absolute atomic E-state index is 0.0490. The number of nitro benzene ring substituents is 1. The Morgan fingerprint density at radius 2 is 2.04 bits per heavy atom. The van der Waals surface area contributed by atoms with E-state index in [2.05, 4.69) is 15.4 Å². The number of hydrogen-bond donors (Lipinski definition) is 1. The molecule has 0 bridgehead atoms. The Balaban J connectivity index is 1.54. The third-order valence-corrected chi connectivity index (χ3v) is 4.53. The number of benzene rings is 1. The van der Waals surface area contributed by atoms with Crippen LogP contribution in [0.2, 0.25) is 0 Å². The van der Waals surface area contributed by atoms with E-state index in [4.69, 9.17) is 4.52 Å². The van der Waals surface area contributed by atoms with E-state index in [1.165, 1.54) is 12.1 Å². The normalized spacial score (nSPS) is 15.1. The van der Waals surface area contributed by atoms with Crippen LogP contribution in [0.5, 0.6) is 0 Å². The first-order valence-electron chi connectivity index (χ1n) is 8.38. The number of anilines is 1. The fourth-order valence-electron chi connectivity index (χ4n) is 2.96. The Morgan fingerprint density at radius 1 is 1.31 bits per heavy atom. The Kier molecular flexibility index (Phi) is 5.17. The lowest BCUT2D eigenvalue weighted by atomic mass is 10.2. The van der Waals surface area contributed by atoms with Crippen molar-refractivity contribution in [3.63, 3.8) is 0 Å². The van der Waals surface area contributed by atoms with Gasteiger partial charge in [0.05, 0.1) is 10.6 Å². The molecule has 9 nitrogen and oxygen atoms in total. The fraction of sp³-hybridized carbons (Fsp3) is 0.412. The molecule has 2 heterocycles. The second-order valence-corrected chi connectivity index (χ2v) is 6.30. The lowest BCUT2D eigenvalue weighted by molar-refractivity contribution is -0.384. The number of rotatable bonds is 4. The van der Waals surface area contributed by atoms with Gasteiger partial charge in [0.15, 0.2) is 0 Å². The number of aromatic nitrogens is 1. The maximum atomic E-state index is 12.4. The summed E-state index contributed by atoms with van der Waals surface area (Å²) >= 11 is 0. The maximum absolute atomic E-state index is 12.4. The predicted octanol–water partition coefficient (Wildman–Crippen LogP) is 2.55. The number of piperazine rings is 1. The SMILES string of the molecule is Cc1noc(C)c1CN1CCN(C(=O)Nc2cccc([N+](=O)[O-])c2)CC1. The second-order valence-electron chi connectivity index (χ2n) is 6.30. The Hall–Kier alpha value is -2.94. The zero-order valence-electron chi connectivity index (χ0n) is 14.8. The first kappa shape index (κ1) is 17.9. The van der Waals surface area contributed by atoms with Crippen molar-refractivity contribution < 1.29 is 14.2 Å². The molecule has 0 spiro atoms. The van der Waals surface area contributed by atoms with Crippen molar-refractivity contribution in [2.24, 2.45) is 0 Å². The van der Waals surface area contributed by atoms with Gasteiger partial charge >= 0.3 is 6.03 Å². The lowest BCUT2D eigenvalue weighted by Crippen LogP contribution is -2.49. The number of carbonyl (C=O) groups is 1. The van der Waals surface area contributed by atoms with Gasteiger partial charge in [-0.1, -0.05) is 11.2 Å². The summed E-state index contributed by atoms with van der Waals surface area (Å²) in [6, 6.07) is 5.69. The van der Waals surface area contributed by atoms with Gasteiger partial charge in [-0.05, 0) is 19.9 Å². The first-order chi connectivity index (χ1) is 12.4. The van der Waals surface area contributed by atoms with Crippen LogP contribution in [0.3, 0.4) is 0 Å². The number of hydrogen-bond acceptors (Lipinski definition) is 6. The van der Waals surface area contributed by atoms with Gasteiger partial charge in [-0.3, -0.25) is 15.0 Å². The zero-order chi connectivity index (χ0) is 18.7. The summed E-state index contributed by atoms with van der Waals surface area (Å²) in [6.45, 7) is 7.24. The largest absolute Gasteiger partial charge is 0.361 e. The standard InChI is InChI=1S/C17H21N5O4/c1-12-16(13(2)26-19-12)11-20-6-8-21(9-7-20)17(23)18-14-4-3-5-15(10-14)22(24)25/h3-5,10H,6-9,11H2,1-2H3,(H,18,23). The van der Waals surface area contributed by atoms with E-state index in [-0.39, 0.29) is 11.7 Å². The molecule has 1 aromatic carbocycles. The minimum atomic E-state index is -0.483. The second kappa shape index (κ2) is 7.52. The van der Waals surface area contributed by atoms with Gasteiger partial charge in [-0.2, -0.15) is 0 Å². The number of non-ortho nitro benzene ring substituents is 1. The zero-order valence-corrected chi connectivity index (χ0v) is 14.8. The molecule has 9 heteroatoms. The molecule has 1 aliphatic rings. The van der Waals surface area contributed by atoms with Gasteiger partial charge in [-0.25, -0.2) is 4.79 Å². The summed E-state index contributed by atoms with van der Waals surface area (Å²) < 4.78 is 5.19. The average molecular weight is 359 g/mol. The van der Waals surface area contributed by atoms with Crippen LogP contribution in [0.25, 0.3) is 0 Å². The van der Waals surface area contributed by atoms with Crippen molar-refractivity contribution in [2.45, 2.75) is 20.4 Å². The molecule has 2 aromatic rings. The van der Waals surface area contributed by atoms with E-state index in [1.54, 1.807) is 17.0 Å². The monoisotopic (exact) mass is 359 g/mol. The molecule has 1 N–H and O–H groups in total. The van der Waals surface area contributed by atoms with Crippen molar-refractivity contribution in [2.75, 3.05) is 31.5 Å². The lowest BCUT2D eigenvalue weighted by Gasteiger charge is -2.34. The van der Waals surface area contributed by atoms with Crippen LogP contribution in [0.4, 0.5) is 16.2 Å². The van der Waals surface area contributed by atoms with Crippen LogP contribution in [0.1, 0.15) is 17.0 Å².